The molecule has 0 atom stereocenters. The molecule has 0 aliphatic rings. The second-order valence-corrected chi connectivity index (χ2v) is 1.70. The van der Waals surface area contributed by atoms with E-state index in [0.29, 0.717) is 0 Å². The van der Waals surface area contributed by atoms with E-state index >= 15 is 0 Å². The Labute approximate surface area is 57.0 Å². The molecule has 0 unspecified atom stereocenters. The average Bonchev–Trinajstić information content (AvgIpc) is 1.65. The highest BCUT2D eigenvalue weighted by molar-refractivity contribution is 7.77. The molecular formula is C4H12ClNS. The summed E-state index contributed by atoms with van der Waals surface area (Å²) in [6.45, 7) is 6.21. The van der Waals surface area contributed by atoms with Gasteiger partial charge in [-0.3, -0.25) is 4.31 Å². The Morgan fingerprint density at radius 3 is 1.57 bits per heavy atom. The van der Waals surface area contributed by atoms with Crippen LogP contribution in [0.15, 0.2) is 0 Å². The van der Waals surface area contributed by atoms with Gasteiger partial charge in [-0.05, 0) is 0 Å². The third-order valence-electron chi connectivity index (χ3n) is 0.730. The molecule has 0 aromatic carbocycles. The molecular weight excluding hydrogens is 130 g/mol. The van der Waals surface area contributed by atoms with Crippen molar-refractivity contribution < 1.29 is 0 Å². The molecule has 0 aliphatic carbocycles. The Hall–Kier alpha value is 0.600. The summed E-state index contributed by atoms with van der Waals surface area (Å²) in [4.78, 5) is 0. The molecule has 0 saturated carbocycles. The zero-order valence-electron chi connectivity index (χ0n) is 4.72. The molecule has 0 heterocycles. The van der Waals surface area contributed by atoms with Crippen LogP contribution in [0.2, 0.25) is 0 Å². The first-order valence-electron chi connectivity index (χ1n) is 2.25. The van der Waals surface area contributed by atoms with Gasteiger partial charge < -0.3 is 0 Å². The summed E-state index contributed by atoms with van der Waals surface area (Å²) < 4.78 is 1.94. The highest BCUT2D eigenvalue weighted by atomic mass is 35.5. The number of thiol groups is 1. The highest BCUT2D eigenvalue weighted by Crippen LogP contribution is 1.86. The molecule has 46 valence electrons. The maximum absolute atomic E-state index is 4.06. The zero-order valence-corrected chi connectivity index (χ0v) is 6.43. The highest BCUT2D eigenvalue weighted by Gasteiger charge is 1.83. The Kier molecular flexibility index (Phi) is 9.95. The van der Waals surface area contributed by atoms with Crippen LogP contribution >= 0.6 is 25.2 Å². The van der Waals surface area contributed by atoms with E-state index in [2.05, 4.69) is 26.7 Å². The first-order chi connectivity index (χ1) is 2.81. The number of nitrogens with zero attached hydrogens (tertiary/aromatic N) is 1. The second kappa shape index (κ2) is 6.60. The van der Waals surface area contributed by atoms with E-state index in [9.17, 15) is 0 Å². The van der Waals surface area contributed by atoms with Crippen LogP contribution in [0.3, 0.4) is 0 Å². The van der Waals surface area contributed by atoms with Crippen LogP contribution < -0.4 is 0 Å². The number of hydrogen-bond donors (Lipinski definition) is 1. The van der Waals surface area contributed by atoms with Crippen molar-refractivity contribution in [2.45, 2.75) is 13.8 Å². The van der Waals surface area contributed by atoms with Crippen molar-refractivity contribution in [2.24, 2.45) is 0 Å². The molecule has 0 N–H and O–H groups in total. The molecule has 0 spiro atoms. The summed E-state index contributed by atoms with van der Waals surface area (Å²) in [6, 6.07) is 0. The van der Waals surface area contributed by atoms with Gasteiger partial charge in [0, 0.05) is 13.1 Å². The van der Waals surface area contributed by atoms with Crippen molar-refractivity contribution in [3.05, 3.63) is 0 Å². The quantitative estimate of drug-likeness (QED) is 0.572. The van der Waals surface area contributed by atoms with Gasteiger partial charge in [-0.15, -0.1) is 12.4 Å². The van der Waals surface area contributed by atoms with Crippen LogP contribution in [0, 0.1) is 0 Å². The second-order valence-electron chi connectivity index (χ2n) is 1.14. The van der Waals surface area contributed by atoms with E-state index in [4.69, 9.17) is 0 Å². The van der Waals surface area contributed by atoms with E-state index in [1.165, 1.54) is 0 Å². The van der Waals surface area contributed by atoms with Crippen LogP contribution in [0.25, 0.3) is 0 Å². The molecule has 0 fully saturated rings. The predicted molar refractivity (Wildman–Crippen MR) is 39.2 cm³/mol. The fourth-order valence-electron chi connectivity index (χ4n) is 0.224. The van der Waals surface area contributed by atoms with Crippen molar-refractivity contribution in [1.82, 2.24) is 4.31 Å². The Morgan fingerprint density at radius 2 is 1.57 bits per heavy atom. The summed E-state index contributed by atoms with van der Waals surface area (Å²) in [5.74, 6) is 0. The van der Waals surface area contributed by atoms with Crippen molar-refractivity contribution in [3.8, 4) is 0 Å². The lowest BCUT2D eigenvalue weighted by molar-refractivity contribution is 0.532. The Morgan fingerprint density at radius 1 is 1.29 bits per heavy atom. The third kappa shape index (κ3) is 6.60. The Bertz CT molecular complexity index is 30.9. The van der Waals surface area contributed by atoms with Gasteiger partial charge in [-0.25, -0.2) is 0 Å². The fraction of sp³-hybridized carbons (Fsp3) is 1.00. The van der Waals surface area contributed by atoms with Crippen LogP contribution in [0.5, 0.6) is 0 Å². The van der Waals surface area contributed by atoms with Crippen LogP contribution in [0.1, 0.15) is 13.8 Å². The zero-order chi connectivity index (χ0) is 4.99. The van der Waals surface area contributed by atoms with E-state index < -0.39 is 0 Å². The van der Waals surface area contributed by atoms with Crippen molar-refractivity contribution in [1.29, 1.82) is 0 Å². The van der Waals surface area contributed by atoms with E-state index in [1.807, 2.05) is 4.31 Å². The topological polar surface area (TPSA) is 3.24 Å². The lowest BCUT2D eigenvalue weighted by Gasteiger charge is -2.05. The standard InChI is InChI=1S/C4H11NS.ClH/c1-3-5(6)4-2;/h6H,3-4H2,1-2H3;1H. The molecule has 0 amide bonds. The molecule has 1 nitrogen and oxygen atoms in total. The molecule has 7 heavy (non-hydrogen) atoms. The number of hydrogen-bond acceptors (Lipinski definition) is 2. The monoisotopic (exact) mass is 141 g/mol. The largest absolute Gasteiger partial charge is 0.254 e. The summed E-state index contributed by atoms with van der Waals surface area (Å²) >= 11 is 4.06. The van der Waals surface area contributed by atoms with Gasteiger partial charge in [-0.2, -0.15) is 0 Å². The SMILES string of the molecule is CCN(S)CC.Cl. The van der Waals surface area contributed by atoms with E-state index in [0.717, 1.165) is 13.1 Å². The van der Waals surface area contributed by atoms with Gasteiger partial charge in [0.05, 0.1) is 0 Å². The normalized spacial score (nSPS) is 8.57. The van der Waals surface area contributed by atoms with Crippen LogP contribution in [-0.2, 0) is 0 Å². The lowest BCUT2D eigenvalue weighted by atomic mass is 10.7. The van der Waals surface area contributed by atoms with Crippen molar-refractivity contribution in [2.75, 3.05) is 13.1 Å². The molecule has 0 aromatic heterocycles. The van der Waals surface area contributed by atoms with Gasteiger partial charge >= 0.3 is 0 Å². The summed E-state index contributed by atoms with van der Waals surface area (Å²) in [5.41, 5.74) is 0. The maximum Gasteiger partial charge on any atom is 0.00584 e. The van der Waals surface area contributed by atoms with E-state index in [-0.39, 0.29) is 12.4 Å². The maximum atomic E-state index is 4.06. The van der Waals surface area contributed by atoms with Gasteiger partial charge in [0.2, 0.25) is 0 Å². The fourth-order valence-corrected chi connectivity index (χ4v) is 0.224. The molecule has 0 saturated heterocycles. The number of halogens is 1. The van der Waals surface area contributed by atoms with Crippen molar-refractivity contribution in [3.63, 3.8) is 0 Å². The minimum atomic E-state index is 0. The molecule has 0 rings (SSSR count). The first kappa shape index (κ1) is 10.6. The first-order valence-corrected chi connectivity index (χ1v) is 2.65. The van der Waals surface area contributed by atoms with Crippen molar-refractivity contribution >= 4 is 25.2 Å². The smallest absolute Gasteiger partial charge is 0.00584 e. The van der Waals surface area contributed by atoms with Gasteiger partial charge in [-0.1, -0.05) is 26.7 Å². The molecule has 0 bridgehead atoms. The summed E-state index contributed by atoms with van der Waals surface area (Å²) in [5, 5.41) is 0. The minimum Gasteiger partial charge on any atom is -0.254 e. The van der Waals surface area contributed by atoms with E-state index in [1.54, 1.807) is 0 Å². The van der Waals surface area contributed by atoms with Crippen LogP contribution in [-0.4, -0.2) is 17.4 Å². The summed E-state index contributed by atoms with van der Waals surface area (Å²) in [6.07, 6.45) is 0. The average molecular weight is 142 g/mol. The van der Waals surface area contributed by atoms with Gasteiger partial charge in [0.1, 0.15) is 0 Å². The van der Waals surface area contributed by atoms with Gasteiger partial charge in [0.25, 0.3) is 0 Å². The molecule has 0 radical (unpaired) electrons. The lowest BCUT2D eigenvalue weighted by Crippen LogP contribution is -2.08. The van der Waals surface area contributed by atoms with Gasteiger partial charge in [0.15, 0.2) is 0 Å². The molecule has 0 aliphatic heterocycles. The third-order valence-corrected chi connectivity index (χ3v) is 1.30. The summed E-state index contributed by atoms with van der Waals surface area (Å²) in [7, 11) is 0. The predicted octanol–water partition coefficient (Wildman–Crippen LogP) is 1.59. The molecule has 0 aromatic rings. The minimum absolute atomic E-state index is 0. The molecule has 3 heteroatoms. The van der Waals surface area contributed by atoms with Crippen LogP contribution in [0.4, 0.5) is 0 Å². The Balaban J connectivity index is 0. The number of rotatable bonds is 2.